The smallest absolute Gasteiger partial charge is 0.102 e. The van der Waals surface area contributed by atoms with Gasteiger partial charge in [-0.05, 0) is 42.2 Å². The Morgan fingerprint density at radius 2 is 1.95 bits per heavy atom. The monoisotopic (exact) mass is 286 g/mol. The third kappa shape index (κ3) is 2.79. The van der Waals surface area contributed by atoms with Crippen molar-refractivity contribution < 1.29 is 9.47 Å². The molecular weight excluding hydrogens is 260 g/mol. The quantitative estimate of drug-likeness (QED) is 0.772. The third-order valence-corrected chi connectivity index (χ3v) is 5.17. The van der Waals surface area contributed by atoms with Gasteiger partial charge in [0.15, 0.2) is 0 Å². The average Bonchev–Trinajstić information content (AvgIpc) is 3.01. The van der Waals surface area contributed by atoms with Crippen LogP contribution in [0.1, 0.15) is 33.3 Å². The summed E-state index contributed by atoms with van der Waals surface area (Å²) in [6.45, 7) is 11.3. The molecule has 1 aliphatic carbocycles. The lowest BCUT2D eigenvalue weighted by Gasteiger charge is -2.27. The van der Waals surface area contributed by atoms with Gasteiger partial charge in [-0.25, -0.2) is 0 Å². The predicted octanol–water partition coefficient (Wildman–Crippen LogP) is 4.21. The summed E-state index contributed by atoms with van der Waals surface area (Å²) in [7, 11) is 0. The average molecular weight is 286 g/mol. The van der Waals surface area contributed by atoms with Crippen molar-refractivity contribution in [2.24, 2.45) is 17.3 Å². The summed E-state index contributed by atoms with van der Waals surface area (Å²) in [6.07, 6.45) is 0.140. The van der Waals surface area contributed by atoms with Gasteiger partial charge in [-0.1, -0.05) is 49.8 Å². The van der Waals surface area contributed by atoms with Crippen molar-refractivity contribution in [2.45, 2.75) is 40.4 Å². The molecule has 0 amide bonds. The second-order valence-corrected chi connectivity index (χ2v) is 7.18. The van der Waals surface area contributed by atoms with Crippen LogP contribution >= 0.6 is 0 Å². The van der Waals surface area contributed by atoms with Crippen molar-refractivity contribution in [1.82, 2.24) is 0 Å². The van der Waals surface area contributed by atoms with E-state index < -0.39 is 0 Å². The molecule has 3 rings (SSSR count). The Bertz CT molecular complexity index is 526. The van der Waals surface area contributed by atoms with Gasteiger partial charge in [0.2, 0.25) is 0 Å². The molecule has 2 heteroatoms. The number of hydrogen-bond donors (Lipinski definition) is 0. The SMILES string of the molecule is CC(C)=C1[C@H](COCc2ccccc2)OC[C@@H]2[C@H]1C2(C)C. The second-order valence-electron chi connectivity index (χ2n) is 7.18. The number of ether oxygens (including phenoxy) is 2. The number of fused-ring (bicyclic) bond motifs is 1. The fourth-order valence-electron chi connectivity index (χ4n) is 3.81. The van der Waals surface area contributed by atoms with E-state index >= 15 is 0 Å². The van der Waals surface area contributed by atoms with Gasteiger partial charge in [0.1, 0.15) is 6.10 Å². The normalized spacial score (nSPS) is 29.9. The Labute approximate surface area is 128 Å². The molecule has 21 heavy (non-hydrogen) atoms. The molecule has 1 saturated carbocycles. The summed E-state index contributed by atoms with van der Waals surface area (Å²) >= 11 is 0. The number of allylic oxidation sites excluding steroid dienone is 1. The van der Waals surface area contributed by atoms with E-state index in [2.05, 4.69) is 52.0 Å². The summed E-state index contributed by atoms with van der Waals surface area (Å²) in [5.74, 6) is 1.40. The Kier molecular flexibility index (Phi) is 3.94. The molecule has 0 radical (unpaired) electrons. The molecule has 3 atom stereocenters. The highest BCUT2D eigenvalue weighted by molar-refractivity contribution is 5.32. The van der Waals surface area contributed by atoms with Gasteiger partial charge in [0, 0.05) is 0 Å². The maximum atomic E-state index is 6.10. The summed E-state index contributed by atoms with van der Waals surface area (Å²) < 4.78 is 12.0. The van der Waals surface area contributed by atoms with Crippen molar-refractivity contribution >= 4 is 0 Å². The van der Waals surface area contributed by atoms with Gasteiger partial charge in [0.05, 0.1) is 19.8 Å². The van der Waals surface area contributed by atoms with E-state index in [1.54, 1.807) is 0 Å². The first-order valence-electron chi connectivity index (χ1n) is 7.92. The lowest BCUT2D eigenvalue weighted by Crippen LogP contribution is -2.29. The first kappa shape index (κ1) is 14.8. The largest absolute Gasteiger partial charge is 0.374 e. The molecule has 1 heterocycles. The fraction of sp³-hybridized carbons (Fsp3) is 0.579. The lowest BCUT2D eigenvalue weighted by atomic mass is 9.94. The molecule has 1 aromatic carbocycles. The van der Waals surface area contributed by atoms with E-state index in [0.29, 0.717) is 30.5 Å². The van der Waals surface area contributed by atoms with Gasteiger partial charge in [-0.15, -0.1) is 0 Å². The minimum atomic E-state index is 0.140. The van der Waals surface area contributed by atoms with Gasteiger partial charge >= 0.3 is 0 Å². The van der Waals surface area contributed by atoms with Gasteiger partial charge in [-0.3, -0.25) is 0 Å². The molecule has 1 saturated heterocycles. The summed E-state index contributed by atoms with van der Waals surface area (Å²) in [4.78, 5) is 0. The molecule has 0 aromatic heterocycles. The molecule has 2 nitrogen and oxygen atoms in total. The van der Waals surface area contributed by atoms with E-state index in [0.717, 1.165) is 6.61 Å². The van der Waals surface area contributed by atoms with Crippen molar-refractivity contribution in [3.63, 3.8) is 0 Å². The van der Waals surface area contributed by atoms with Crippen LogP contribution in [0.4, 0.5) is 0 Å². The summed E-state index contributed by atoms with van der Waals surface area (Å²) in [5.41, 5.74) is 4.52. The molecule has 0 bridgehead atoms. The van der Waals surface area contributed by atoms with Crippen LogP contribution in [0.2, 0.25) is 0 Å². The van der Waals surface area contributed by atoms with Crippen molar-refractivity contribution in [1.29, 1.82) is 0 Å². The van der Waals surface area contributed by atoms with E-state index in [1.807, 2.05) is 6.07 Å². The Morgan fingerprint density at radius 3 is 2.62 bits per heavy atom. The molecule has 0 spiro atoms. The number of rotatable bonds is 4. The molecule has 1 aliphatic heterocycles. The first-order valence-corrected chi connectivity index (χ1v) is 7.92. The molecule has 114 valence electrons. The van der Waals surface area contributed by atoms with Crippen molar-refractivity contribution in [3.8, 4) is 0 Å². The second kappa shape index (κ2) is 5.58. The Morgan fingerprint density at radius 1 is 1.24 bits per heavy atom. The van der Waals surface area contributed by atoms with E-state index in [-0.39, 0.29) is 6.10 Å². The summed E-state index contributed by atoms with van der Waals surface area (Å²) in [5, 5.41) is 0. The zero-order chi connectivity index (χ0) is 15.0. The van der Waals surface area contributed by atoms with Gasteiger partial charge < -0.3 is 9.47 Å². The number of benzene rings is 1. The van der Waals surface area contributed by atoms with Crippen molar-refractivity contribution in [2.75, 3.05) is 13.2 Å². The standard InChI is InChI=1S/C19H26O2/c1-13(2)17-16(21-11-15-18(17)19(15,3)4)12-20-10-14-8-6-5-7-9-14/h5-9,15-16,18H,10-12H2,1-4H3/t15-,16+,18-/m1/s1. The minimum absolute atomic E-state index is 0.140. The van der Waals surface area contributed by atoms with E-state index in [4.69, 9.17) is 9.47 Å². The van der Waals surface area contributed by atoms with Crippen LogP contribution in [0.5, 0.6) is 0 Å². The highest BCUT2D eigenvalue weighted by Gasteiger charge is 2.62. The first-order chi connectivity index (χ1) is 10.0. The van der Waals surface area contributed by atoms with Gasteiger partial charge in [-0.2, -0.15) is 0 Å². The van der Waals surface area contributed by atoms with Gasteiger partial charge in [0.25, 0.3) is 0 Å². The molecular formula is C19H26O2. The van der Waals surface area contributed by atoms with E-state index in [1.165, 1.54) is 16.7 Å². The summed E-state index contributed by atoms with van der Waals surface area (Å²) in [6, 6.07) is 10.3. The van der Waals surface area contributed by atoms with Crippen LogP contribution in [0.15, 0.2) is 41.5 Å². The topological polar surface area (TPSA) is 18.5 Å². The zero-order valence-electron chi connectivity index (χ0n) is 13.6. The molecule has 2 aliphatic rings. The van der Waals surface area contributed by atoms with Crippen LogP contribution in [-0.4, -0.2) is 19.3 Å². The minimum Gasteiger partial charge on any atom is -0.374 e. The Hall–Kier alpha value is -1.12. The number of hydrogen-bond acceptors (Lipinski definition) is 2. The highest BCUT2D eigenvalue weighted by atomic mass is 16.5. The van der Waals surface area contributed by atoms with Crippen LogP contribution in [-0.2, 0) is 16.1 Å². The highest BCUT2D eigenvalue weighted by Crippen LogP contribution is 2.65. The van der Waals surface area contributed by atoms with E-state index in [9.17, 15) is 0 Å². The van der Waals surface area contributed by atoms with Crippen LogP contribution in [0.3, 0.4) is 0 Å². The van der Waals surface area contributed by atoms with Crippen LogP contribution in [0, 0.1) is 17.3 Å². The van der Waals surface area contributed by atoms with Crippen LogP contribution < -0.4 is 0 Å². The zero-order valence-corrected chi connectivity index (χ0v) is 13.6. The maximum Gasteiger partial charge on any atom is 0.102 e. The lowest BCUT2D eigenvalue weighted by molar-refractivity contribution is -0.0222. The van der Waals surface area contributed by atoms with Crippen molar-refractivity contribution in [3.05, 3.63) is 47.0 Å². The predicted molar refractivity (Wildman–Crippen MR) is 85.0 cm³/mol. The fourth-order valence-corrected chi connectivity index (χ4v) is 3.81. The maximum absolute atomic E-state index is 6.10. The molecule has 0 unspecified atom stereocenters. The molecule has 2 fully saturated rings. The molecule has 0 N–H and O–H groups in total. The third-order valence-electron chi connectivity index (χ3n) is 5.17. The van der Waals surface area contributed by atoms with Crippen LogP contribution in [0.25, 0.3) is 0 Å². The molecule has 1 aromatic rings. The Balaban J connectivity index is 1.62.